The standard InChI is InChI=1S/C16H25ClN2O/c1-5-18-9-13-7-6-8-14(17)15(13)19-10-12(2)20-16(3,4)11-19/h6-8,12,18H,5,9-11H2,1-4H3. The van der Waals surface area contributed by atoms with Gasteiger partial charge in [-0.25, -0.2) is 0 Å². The van der Waals surface area contributed by atoms with Gasteiger partial charge in [-0.3, -0.25) is 0 Å². The molecule has 0 bridgehead atoms. The second kappa shape index (κ2) is 6.33. The summed E-state index contributed by atoms with van der Waals surface area (Å²) in [4.78, 5) is 2.36. The molecule has 1 aliphatic heterocycles. The highest BCUT2D eigenvalue weighted by molar-refractivity contribution is 6.33. The van der Waals surface area contributed by atoms with Crippen LogP contribution in [-0.2, 0) is 11.3 Å². The zero-order valence-corrected chi connectivity index (χ0v) is 13.6. The molecular weight excluding hydrogens is 272 g/mol. The summed E-state index contributed by atoms with van der Waals surface area (Å²) in [6, 6.07) is 6.14. The minimum Gasteiger partial charge on any atom is -0.369 e. The van der Waals surface area contributed by atoms with Crippen LogP contribution in [0, 0.1) is 0 Å². The lowest BCUT2D eigenvalue weighted by atomic mass is 10.0. The third kappa shape index (κ3) is 3.66. The number of rotatable bonds is 4. The maximum absolute atomic E-state index is 6.47. The third-order valence-corrected chi connectivity index (χ3v) is 3.83. The Labute approximate surface area is 127 Å². The molecular formula is C16H25ClN2O. The number of halogens is 1. The van der Waals surface area contributed by atoms with Crippen LogP contribution in [0.2, 0.25) is 5.02 Å². The lowest BCUT2D eigenvalue weighted by Crippen LogP contribution is -2.52. The zero-order valence-electron chi connectivity index (χ0n) is 12.9. The first-order chi connectivity index (χ1) is 9.43. The van der Waals surface area contributed by atoms with E-state index < -0.39 is 0 Å². The van der Waals surface area contributed by atoms with Crippen LogP contribution in [0.3, 0.4) is 0 Å². The summed E-state index contributed by atoms with van der Waals surface area (Å²) in [5.41, 5.74) is 2.26. The number of benzene rings is 1. The molecule has 0 aliphatic carbocycles. The first kappa shape index (κ1) is 15.6. The maximum Gasteiger partial charge on any atom is 0.0805 e. The fourth-order valence-electron chi connectivity index (χ4n) is 2.94. The molecule has 4 heteroatoms. The van der Waals surface area contributed by atoms with Crippen molar-refractivity contribution in [2.45, 2.75) is 45.9 Å². The molecule has 0 aromatic heterocycles. The lowest BCUT2D eigenvalue weighted by Gasteiger charge is -2.43. The Kier molecular flexibility index (Phi) is 4.95. The highest BCUT2D eigenvalue weighted by Crippen LogP contribution is 2.34. The molecule has 0 amide bonds. The van der Waals surface area contributed by atoms with Crippen molar-refractivity contribution in [1.29, 1.82) is 0 Å². The van der Waals surface area contributed by atoms with Gasteiger partial charge in [0.2, 0.25) is 0 Å². The van der Waals surface area contributed by atoms with Crippen molar-refractivity contribution in [1.82, 2.24) is 5.32 Å². The van der Waals surface area contributed by atoms with Crippen molar-refractivity contribution in [2.24, 2.45) is 0 Å². The maximum atomic E-state index is 6.47. The summed E-state index contributed by atoms with van der Waals surface area (Å²) in [7, 11) is 0. The Bertz CT molecular complexity index is 462. The predicted octanol–water partition coefficient (Wildman–Crippen LogP) is 3.45. The van der Waals surface area contributed by atoms with E-state index in [1.54, 1.807) is 0 Å². The Morgan fingerprint density at radius 3 is 2.85 bits per heavy atom. The van der Waals surface area contributed by atoms with Crippen LogP contribution in [0.1, 0.15) is 33.3 Å². The fourth-order valence-corrected chi connectivity index (χ4v) is 3.25. The van der Waals surface area contributed by atoms with Crippen molar-refractivity contribution in [3.8, 4) is 0 Å². The first-order valence-corrected chi connectivity index (χ1v) is 7.71. The summed E-state index contributed by atoms with van der Waals surface area (Å²) < 4.78 is 5.99. The number of nitrogens with zero attached hydrogens (tertiary/aromatic N) is 1. The summed E-state index contributed by atoms with van der Waals surface area (Å²) in [5, 5.41) is 4.21. The van der Waals surface area contributed by atoms with Crippen molar-refractivity contribution >= 4 is 17.3 Å². The molecule has 1 atom stereocenters. The fraction of sp³-hybridized carbons (Fsp3) is 0.625. The van der Waals surface area contributed by atoms with Gasteiger partial charge in [0.1, 0.15) is 0 Å². The SMILES string of the molecule is CCNCc1cccc(Cl)c1N1CC(C)OC(C)(C)C1. The monoisotopic (exact) mass is 296 g/mol. The average molecular weight is 297 g/mol. The van der Waals surface area contributed by atoms with Crippen molar-refractivity contribution in [3.63, 3.8) is 0 Å². The highest BCUT2D eigenvalue weighted by Gasteiger charge is 2.32. The van der Waals surface area contributed by atoms with Gasteiger partial charge >= 0.3 is 0 Å². The Balaban J connectivity index is 2.30. The number of anilines is 1. The van der Waals surface area contributed by atoms with Gasteiger partial charge in [0.15, 0.2) is 0 Å². The second-order valence-corrected chi connectivity index (χ2v) is 6.50. The lowest BCUT2D eigenvalue weighted by molar-refractivity contribution is -0.0750. The van der Waals surface area contributed by atoms with Crippen molar-refractivity contribution in [3.05, 3.63) is 28.8 Å². The minimum absolute atomic E-state index is 0.147. The van der Waals surface area contributed by atoms with E-state index >= 15 is 0 Å². The Hall–Kier alpha value is -0.770. The number of morpholine rings is 1. The predicted molar refractivity (Wildman–Crippen MR) is 85.7 cm³/mol. The van der Waals surface area contributed by atoms with Crippen LogP contribution >= 0.6 is 11.6 Å². The van der Waals surface area contributed by atoms with Gasteiger partial charge in [0.25, 0.3) is 0 Å². The van der Waals surface area contributed by atoms with Gasteiger partial charge in [-0.15, -0.1) is 0 Å². The molecule has 1 aromatic rings. The Morgan fingerprint density at radius 1 is 1.45 bits per heavy atom. The van der Waals surface area contributed by atoms with E-state index in [2.05, 4.69) is 44.0 Å². The molecule has 1 aliphatic rings. The minimum atomic E-state index is -0.147. The Morgan fingerprint density at radius 2 is 2.20 bits per heavy atom. The van der Waals surface area contributed by atoms with Gasteiger partial charge in [-0.2, -0.15) is 0 Å². The zero-order chi connectivity index (χ0) is 14.8. The molecule has 20 heavy (non-hydrogen) atoms. The van der Waals surface area contributed by atoms with E-state index in [1.807, 2.05) is 12.1 Å². The van der Waals surface area contributed by atoms with Crippen LogP contribution in [-0.4, -0.2) is 31.3 Å². The molecule has 3 nitrogen and oxygen atoms in total. The van der Waals surface area contributed by atoms with E-state index in [4.69, 9.17) is 16.3 Å². The van der Waals surface area contributed by atoms with Gasteiger partial charge < -0.3 is 15.0 Å². The smallest absolute Gasteiger partial charge is 0.0805 e. The van der Waals surface area contributed by atoms with Crippen LogP contribution in [0.5, 0.6) is 0 Å². The molecule has 0 radical (unpaired) electrons. The first-order valence-electron chi connectivity index (χ1n) is 7.34. The molecule has 0 spiro atoms. The number of para-hydroxylation sites is 1. The van der Waals surface area contributed by atoms with E-state index in [1.165, 1.54) is 5.56 Å². The van der Waals surface area contributed by atoms with E-state index in [0.29, 0.717) is 0 Å². The van der Waals surface area contributed by atoms with Crippen LogP contribution < -0.4 is 10.2 Å². The topological polar surface area (TPSA) is 24.5 Å². The molecule has 1 heterocycles. The molecule has 2 rings (SSSR count). The molecule has 1 unspecified atom stereocenters. The quantitative estimate of drug-likeness (QED) is 0.921. The summed E-state index contributed by atoms with van der Waals surface area (Å²) in [5.74, 6) is 0. The van der Waals surface area contributed by atoms with E-state index in [-0.39, 0.29) is 11.7 Å². The summed E-state index contributed by atoms with van der Waals surface area (Å²) >= 11 is 6.47. The van der Waals surface area contributed by atoms with Crippen LogP contribution in [0.4, 0.5) is 5.69 Å². The summed E-state index contributed by atoms with van der Waals surface area (Å²) in [6.07, 6.45) is 0.210. The molecule has 1 aromatic carbocycles. The molecule has 1 fully saturated rings. The molecule has 112 valence electrons. The molecule has 1 saturated heterocycles. The van der Waals surface area contributed by atoms with Crippen molar-refractivity contribution in [2.75, 3.05) is 24.5 Å². The van der Waals surface area contributed by atoms with Crippen molar-refractivity contribution < 1.29 is 4.74 Å². The van der Waals surface area contributed by atoms with Gasteiger partial charge in [-0.1, -0.05) is 30.7 Å². The van der Waals surface area contributed by atoms with Crippen LogP contribution in [0.25, 0.3) is 0 Å². The summed E-state index contributed by atoms with van der Waals surface area (Å²) in [6.45, 7) is 12.0. The number of nitrogens with one attached hydrogen (secondary N) is 1. The highest BCUT2D eigenvalue weighted by atomic mass is 35.5. The largest absolute Gasteiger partial charge is 0.369 e. The second-order valence-electron chi connectivity index (χ2n) is 6.10. The molecule has 0 saturated carbocycles. The number of hydrogen-bond acceptors (Lipinski definition) is 3. The number of ether oxygens (including phenoxy) is 1. The van der Waals surface area contributed by atoms with Gasteiger partial charge in [0, 0.05) is 19.6 Å². The van der Waals surface area contributed by atoms with Gasteiger partial charge in [0.05, 0.1) is 22.4 Å². The number of hydrogen-bond donors (Lipinski definition) is 1. The third-order valence-electron chi connectivity index (χ3n) is 3.52. The molecule has 1 N–H and O–H groups in total. The van der Waals surface area contributed by atoms with Crippen LogP contribution in [0.15, 0.2) is 18.2 Å². The average Bonchev–Trinajstić information content (AvgIpc) is 2.33. The normalized spacial score (nSPS) is 22.1. The van der Waals surface area contributed by atoms with E-state index in [0.717, 1.165) is 36.9 Å². The van der Waals surface area contributed by atoms with E-state index in [9.17, 15) is 0 Å². The van der Waals surface area contributed by atoms with Gasteiger partial charge in [-0.05, 0) is 38.9 Å².